The van der Waals surface area contributed by atoms with Gasteiger partial charge in [0.05, 0.1) is 11.4 Å². The molecule has 1 N–H and O–H groups in total. The van der Waals surface area contributed by atoms with Gasteiger partial charge in [-0.1, -0.05) is 23.9 Å². The normalized spacial score (nSPS) is 14.0. The van der Waals surface area contributed by atoms with Crippen molar-refractivity contribution in [2.24, 2.45) is 0 Å². The Hall–Kier alpha value is -1.95. The number of fused-ring (bicyclic) bond motifs is 1. The number of rotatable bonds is 3. The van der Waals surface area contributed by atoms with Crippen molar-refractivity contribution in [2.75, 3.05) is 48.6 Å². The van der Waals surface area contributed by atoms with Crippen LogP contribution < -0.4 is 15.1 Å². The summed E-state index contributed by atoms with van der Waals surface area (Å²) in [4.78, 5) is 13.6. The van der Waals surface area contributed by atoms with Gasteiger partial charge in [-0.2, -0.15) is 0 Å². The van der Waals surface area contributed by atoms with Gasteiger partial charge < -0.3 is 15.1 Å². The van der Waals surface area contributed by atoms with Gasteiger partial charge in [0.15, 0.2) is 5.16 Å². The number of aromatic nitrogens is 2. The second-order valence-corrected chi connectivity index (χ2v) is 5.68. The van der Waals surface area contributed by atoms with E-state index in [1.54, 1.807) is 11.8 Å². The highest BCUT2D eigenvalue weighted by Crippen LogP contribution is 2.36. The molecule has 0 saturated carbocycles. The third-order valence-electron chi connectivity index (χ3n) is 3.65. The first-order valence-electron chi connectivity index (χ1n) is 6.91. The lowest BCUT2D eigenvalue weighted by Crippen LogP contribution is -2.36. The lowest BCUT2D eigenvalue weighted by molar-refractivity contribution is 0.802. The van der Waals surface area contributed by atoms with Crippen LogP contribution in [0, 0.1) is 0 Å². The third kappa shape index (κ3) is 2.63. The van der Waals surface area contributed by atoms with Crippen molar-refractivity contribution in [2.45, 2.75) is 5.16 Å². The van der Waals surface area contributed by atoms with Gasteiger partial charge in [0, 0.05) is 33.3 Å². The number of hydrogen-bond acceptors (Lipinski definition) is 6. The van der Waals surface area contributed by atoms with E-state index in [4.69, 9.17) is 0 Å². The van der Waals surface area contributed by atoms with E-state index in [0.717, 1.165) is 29.9 Å². The minimum Gasteiger partial charge on any atom is -0.373 e. The maximum atomic E-state index is 4.67. The van der Waals surface area contributed by atoms with E-state index < -0.39 is 0 Å². The summed E-state index contributed by atoms with van der Waals surface area (Å²) in [5.41, 5.74) is 2.43. The molecular formula is C15H19N5S. The molecule has 1 aliphatic rings. The number of nitrogens with one attached hydrogen (secondary N) is 1. The van der Waals surface area contributed by atoms with E-state index in [2.05, 4.69) is 56.4 Å². The summed E-state index contributed by atoms with van der Waals surface area (Å²) in [6.45, 7) is 1.89. The molecular weight excluding hydrogens is 282 g/mol. The van der Waals surface area contributed by atoms with Crippen LogP contribution in [0.25, 0.3) is 0 Å². The topological polar surface area (TPSA) is 44.3 Å². The molecule has 0 atom stereocenters. The van der Waals surface area contributed by atoms with Crippen molar-refractivity contribution >= 4 is 34.8 Å². The first kappa shape index (κ1) is 14.0. The van der Waals surface area contributed by atoms with Crippen LogP contribution in [0.15, 0.2) is 35.5 Å². The van der Waals surface area contributed by atoms with Crippen molar-refractivity contribution < 1.29 is 0 Å². The lowest BCUT2D eigenvalue weighted by Gasteiger charge is -2.36. The Bertz CT molecular complexity index is 623. The standard InChI is InChI=1S/C15H19N5S/c1-16-13-10-14(18-15(17-13)21-3)20-9-8-19(2)11-6-4-5-7-12(11)20/h4-7,10H,8-9H2,1-3H3,(H,16,17,18). The summed E-state index contributed by atoms with van der Waals surface area (Å²) >= 11 is 1.56. The first-order chi connectivity index (χ1) is 10.2. The molecule has 0 spiro atoms. The molecule has 0 unspecified atom stereocenters. The zero-order chi connectivity index (χ0) is 14.8. The Morgan fingerprint density at radius 1 is 1.14 bits per heavy atom. The third-order valence-corrected chi connectivity index (χ3v) is 4.20. The largest absolute Gasteiger partial charge is 0.373 e. The fourth-order valence-corrected chi connectivity index (χ4v) is 2.89. The summed E-state index contributed by atoms with van der Waals surface area (Å²) in [6.07, 6.45) is 2.00. The summed E-state index contributed by atoms with van der Waals surface area (Å²) in [5.74, 6) is 1.79. The Balaban J connectivity index is 2.07. The molecule has 2 heterocycles. The van der Waals surface area contributed by atoms with Gasteiger partial charge in [-0.05, 0) is 18.4 Å². The second-order valence-electron chi connectivity index (χ2n) is 4.91. The Kier molecular flexibility index (Phi) is 3.88. The molecule has 1 aromatic carbocycles. The number of likely N-dealkylation sites (N-methyl/N-ethyl adjacent to an activating group) is 1. The molecule has 0 radical (unpaired) electrons. The number of para-hydroxylation sites is 2. The molecule has 6 heteroatoms. The van der Waals surface area contributed by atoms with Gasteiger partial charge >= 0.3 is 0 Å². The Morgan fingerprint density at radius 3 is 2.62 bits per heavy atom. The molecule has 0 bridgehead atoms. The van der Waals surface area contributed by atoms with Crippen LogP contribution >= 0.6 is 11.8 Å². The van der Waals surface area contributed by atoms with E-state index in [0.29, 0.717) is 0 Å². The molecule has 2 aromatic rings. The van der Waals surface area contributed by atoms with Gasteiger partial charge in [0.2, 0.25) is 0 Å². The highest BCUT2D eigenvalue weighted by molar-refractivity contribution is 7.98. The monoisotopic (exact) mass is 301 g/mol. The van der Waals surface area contributed by atoms with E-state index in [9.17, 15) is 0 Å². The molecule has 5 nitrogen and oxygen atoms in total. The highest BCUT2D eigenvalue weighted by atomic mass is 32.2. The number of nitrogens with zero attached hydrogens (tertiary/aromatic N) is 4. The minimum absolute atomic E-state index is 0.785. The van der Waals surface area contributed by atoms with Crippen LogP contribution in [0.5, 0.6) is 0 Å². The van der Waals surface area contributed by atoms with E-state index >= 15 is 0 Å². The molecule has 3 rings (SSSR count). The van der Waals surface area contributed by atoms with Gasteiger partial charge in [0.25, 0.3) is 0 Å². The zero-order valence-corrected chi connectivity index (χ0v) is 13.3. The van der Waals surface area contributed by atoms with Crippen LogP contribution in [-0.4, -0.2) is 43.4 Å². The fraction of sp³-hybridized carbons (Fsp3) is 0.333. The Labute approximate surface area is 129 Å². The van der Waals surface area contributed by atoms with Crippen LogP contribution in [0.2, 0.25) is 0 Å². The quantitative estimate of drug-likeness (QED) is 0.695. The van der Waals surface area contributed by atoms with Crippen LogP contribution in [0.3, 0.4) is 0 Å². The smallest absolute Gasteiger partial charge is 0.191 e. The average Bonchev–Trinajstić information content (AvgIpc) is 2.55. The predicted molar refractivity (Wildman–Crippen MR) is 90.1 cm³/mol. The predicted octanol–water partition coefficient (Wildman–Crippen LogP) is 2.83. The molecule has 1 aromatic heterocycles. The molecule has 0 aliphatic carbocycles. The maximum Gasteiger partial charge on any atom is 0.191 e. The number of benzene rings is 1. The van der Waals surface area contributed by atoms with Crippen molar-refractivity contribution in [3.8, 4) is 0 Å². The van der Waals surface area contributed by atoms with Gasteiger partial charge in [0.1, 0.15) is 11.6 Å². The number of anilines is 4. The van der Waals surface area contributed by atoms with Crippen molar-refractivity contribution in [1.29, 1.82) is 0 Å². The molecule has 0 amide bonds. The summed E-state index contributed by atoms with van der Waals surface area (Å²) in [5, 5.41) is 3.90. The number of thioether (sulfide) groups is 1. The van der Waals surface area contributed by atoms with Crippen molar-refractivity contribution in [3.63, 3.8) is 0 Å². The van der Waals surface area contributed by atoms with Gasteiger partial charge in [-0.15, -0.1) is 0 Å². The second kappa shape index (κ2) is 5.81. The van der Waals surface area contributed by atoms with Crippen LogP contribution in [0.4, 0.5) is 23.0 Å². The van der Waals surface area contributed by atoms with E-state index in [-0.39, 0.29) is 0 Å². The van der Waals surface area contributed by atoms with E-state index in [1.165, 1.54) is 11.4 Å². The lowest BCUT2D eigenvalue weighted by atomic mass is 10.1. The average molecular weight is 301 g/mol. The van der Waals surface area contributed by atoms with E-state index in [1.807, 2.05) is 19.4 Å². The minimum atomic E-state index is 0.785. The van der Waals surface area contributed by atoms with Crippen LogP contribution in [-0.2, 0) is 0 Å². The van der Waals surface area contributed by atoms with Crippen molar-refractivity contribution in [1.82, 2.24) is 9.97 Å². The van der Waals surface area contributed by atoms with Crippen molar-refractivity contribution in [3.05, 3.63) is 30.3 Å². The molecule has 0 saturated heterocycles. The maximum absolute atomic E-state index is 4.67. The first-order valence-corrected chi connectivity index (χ1v) is 8.14. The molecule has 1 aliphatic heterocycles. The fourth-order valence-electron chi connectivity index (χ4n) is 2.51. The molecule has 110 valence electrons. The van der Waals surface area contributed by atoms with Gasteiger partial charge in [-0.25, -0.2) is 9.97 Å². The summed E-state index contributed by atoms with van der Waals surface area (Å²) in [7, 11) is 4.01. The van der Waals surface area contributed by atoms with Gasteiger partial charge in [-0.3, -0.25) is 0 Å². The summed E-state index contributed by atoms with van der Waals surface area (Å²) < 4.78 is 0. The Morgan fingerprint density at radius 2 is 1.90 bits per heavy atom. The SMILES string of the molecule is CNc1cc(N2CCN(C)c3ccccc32)nc(SC)n1. The zero-order valence-electron chi connectivity index (χ0n) is 12.5. The highest BCUT2D eigenvalue weighted by Gasteiger charge is 2.22. The molecule has 21 heavy (non-hydrogen) atoms. The van der Waals surface area contributed by atoms with Crippen LogP contribution in [0.1, 0.15) is 0 Å². The number of hydrogen-bond donors (Lipinski definition) is 1. The molecule has 0 fully saturated rings. The summed E-state index contributed by atoms with van der Waals surface area (Å²) in [6, 6.07) is 10.4.